The fourth-order valence-corrected chi connectivity index (χ4v) is 5.83. The van der Waals surface area contributed by atoms with Gasteiger partial charge in [0.1, 0.15) is 10.6 Å². The normalized spacial score (nSPS) is 15.9. The van der Waals surface area contributed by atoms with Crippen molar-refractivity contribution >= 4 is 39.2 Å². The number of carbonyl (C=O) groups is 2. The monoisotopic (exact) mass is 483 g/mol. The number of fused-ring (bicyclic) bond motifs is 3. The third kappa shape index (κ3) is 4.54. The van der Waals surface area contributed by atoms with E-state index in [1.54, 1.807) is 32.0 Å². The zero-order valence-corrected chi connectivity index (χ0v) is 19.6. The number of hydrogen-bond acceptors (Lipinski definition) is 5. The second kappa shape index (κ2) is 9.54. The standard InChI is InChI=1S/C24H26FN5O3S/c25-16-5-7-17(8-6-16)27-24(33)29-13-11-28(12-14-29)20(31)9-10-30-15-26-22-21(23(30)32)18-3-1-2-4-19(18)34-22/h5-8,15H,1-4,9-14H2,(H,27,33). The minimum Gasteiger partial charge on any atom is -0.339 e. The van der Waals surface area contributed by atoms with Crippen LogP contribution < -0.4 is 10.9 Å². The summed E-state index contributed by atoms with van der Waals surface area (Å²) in [7, 11) is 0. The molecule has 10 heteroatoms. The zero-order valence-electron chi connectivity index (χ0n) is 18.8. The van der Waals surface area contributed by atoms with Crippen molar-refractivity contribution in [2.45, 2.75) is 38.6 Å². The van der Waals surface area contributed by atoms with E-state index in [0.29, 0.717) is 31.9 Å². The minimum absolute atomic E-state index is 0.0436. The van der Waals surface area contributed by atoms with Gasteiger partial charge in [-0.2, -0.15) is 0 Å². The minimum atomic E-state index is -0.363. The number of amides is 3. The summed E-state index contributed by atoms with van der Waals surface area (Å²) in [6, 6.07) is 5.32. The van der Waals surface area contributed by atoms with Gasteiger partial charge in [0.25, 0.3) is 5.56 Å². The molecule has 0 radical (unpaired) electrons. The van der Waals surface area contributed by atoms with Gasteiger partial charge in [-0.1, -0.05) is 0 Å². The van der Waals surface area contributed by atoms with Crippen molar-refractivity contribution in [2.75, 3.05) is 31.5 Å². The second-order valence-corrected chi connectivity index (χ2v) is 9.77. The highest BCUT2D eigenvalue weighted by atomic mass is 32.1. The fourth-order valence-electron chi connectivity index (χ4n) is 4.61. The van der Waals surface area contributed by atoms with Gasteiger partial charge < -0.3 is 15.1 Å². The Morgan fingerprint density at radius 3 is 2.50 bits per heavy atom. The number of piperazine rings is 1. The lowest BCUT2D eigenvalue weighted by Crippen LogP contribution is -2.51. The Balaban J connectivity index is 1.16. The Hall–Kier alpha value is -3.27. The van der Waals surface area contributed by atoms with E-state index in [4.69, 9.17) is 0 Å². The number of aryl methyl sites for hydroxylation is 3. The molecule has 5 rings (SSSR count). The third-order valence-corrected chi connectivity index (χ3v) is 7.72. The molecule has 0 saturated carbocycles. The summed E-state index contributed by atoms with van der Waals surface area (Å²) in [5, 5.41) is 3.47. The number of urea groups is 1. The van der Waals surface area contributed by atoms with Crippen LogP contribution in [0.2, 0.25) is 0 Å². The summed E-state index contributed by atoms with van der Waals surface area (Å²) in [5.74, 6) is -0.407. The molecular formula is C24H26FN5O3S. The number of aromatic nitrogens is 2. The molecule has 178 valence electrons. The Kier molecular flexibility index (Phi) is 6.32. The van der Waals surface area contributed by atoms with Crippen LogP contribution in [0, 0.1) is 5.82 Å². The first-order valence-electron chi connectivity index (χ1n) is 11.6. The number of halogens is 1. The van der Waals surface area contributed by atoms with Crippen LogP contribution in [0.3, 0.4) is 0 Å². The van der Waals surface area contributed by atoms with Crippen molar-refractivity contribution in [3.8, 4) is 0 Å². The summed E-state index contributed by atoms with van der Waals surface area (Å²) in [4.78, 5) is 48.2. The summed E-state index contributed by atoms with van der Waals surface area (Å²) in [6.07, 6.45) is 5.96. The summed E-state index contributed by atoms with van der Waals surface area (Å²) in [6.45, 7) is 1.97. The van der Waals surface area contributed by atoms with Gasteiger partial charge in [0.2, 0.25) is 5.91 Å². The number of thiophene rings is 1. The number of carbonyl (C=O) groups excluding carboxylic acids is 2. The molecule has 8 nitrogen and oxygen atoms in total. The van der Waals surface area contributed by atoms with Crippen LogP contribution in [0.15, 0.2) is 35.4 Å². The number of benzene rings is 1. The van der Waals surface area contributed by atoms with Crippen LogP contribution >= 0.6 is 11.3 Å². The quantitative estimate of drug-likeness (QED) is 0.617. The van der Waals surface area contributed by atoms with Gasteiger partial charge in [0.15, 0.2) is 0 Å². The predicted octanol–water partition coefficient (Wildman–Crippen LogP) is 3.24. The molecule has 34 heavy (non-hydrogen) atoms. The molecule has 0 spiro atoms. The van der Waals surface area contributed by atoms with Crippen LogP contribution in [-0.2, 0) is 24.2 Å². The van der Waals surface area contributed by atoms with E-state index in [1.807, 2.05) is 0 Å². The lowest BCUT2D eigenvalue weighted by atomic mass is 9.97. The van der Waals surface area contributed by atoms with Crippen molar-refractivity contribution in [2.24, 2.45) is 0 Å². The van der Waals surface area contributed by atoms with Crippen LogP contribution in [0.25, 0.3) is 10.2 Å². The van der Waals surface area contributed by atoms with E-state index in [-0.39, 0.29) is 36.3 Å². The molecule has 3 aromatic rings. The molecule has 1 N–H and O–H groups in total. The van der Waals surface area contributed by atoms with Crippen molar-refractivity contribution in [3.05, 3.63) is 57.2 Å². The van der Waals surface area contributed by atoms with Crippen LogP contribution in [-0.4, -0.2) is 57.5 Å². The zero-order chi connectivity index (χ0) is 23.7. The molecule has 2 aliphatic rings. The van der Waals surface area contributed by atoms with Crippen molar-refractivity contribution < 1.29 is 14.0 Å². The van der Waals surface area contributed by atoms with Gasteiger partial charge in [0, 0.05) is 49.7 Å². The van der Waals surface area contributed by atoms with E-state index in [0.717, 1.165) is 41.5 Å². The highest BCUT2D eigenvalue weighted by Gasteiger charge is 2.25. The van der Waals surface area contributed by atoms with Crippen LogP contribution in [0.5, 0.6) is 0 Å². The van der Waals surface area contributed by atoms with Crippen LogP contribution in [0.4, 0.5) is 14.9 Å². The number of nitrogens with one attached hydrogen (secondary N) is 1. The number of rotatable bonds is 4. The van der Waals surface area contributed by atoms with Gasteiger partial charge in [-0.25, -0.2) is 14.2 Å². The third-order valence-electron chi connectivity index (χ3n) is 6.52. The average Bonchev–Trinajstić information content (AvgIpc) is 3.24. The van der Waals surface area contributed by atoms with E-state index >= 15 is 0 Å². The molecule has 0 atom stereocenters. The number of anilines is 1. The maximum absolute atomic E-state index is 13.1. The molecule has 2 aromatic heterocycles. The second-order valence-electron chi connectivity index (χ2n) is 8.69. The summed E-state index contributed by atoms with van der Waals surface area (Å²) < 4.78 is 14.6. The van der Waals surface area contributed by atoms with Gasteiger partial charge in [0.05, 0.1) is 11.7 Å². The highest BCUT2D eigenvalue weighted by Crippen LogP contribution is 2.33. The van der Waals surface area contributed by atoms with Gasteiger partial charge in [-0.05, 0) is 55.5 Å². The molecule has 0 unspecified atom stereocenters. The molecule has 1 aromatic carbocycles. The smallest absolute Gasteiger partial charge is 0.321 e. The van der Waals surface area contributed by atoms with Crippen LogP contribution in [0.1, 0.15) is 29.7 Å². The molecule has 0 bridgehead atoms. The Morgan fingerprint density at radius 2 is 1.74 bits per heavy atom. The summed E-state index contributed by atoms with van der Waals surface area (Å²) >= 11 is 1.62. The largest absolute Gasteiger partial charge is 0.339 e. The SMILES string of the molecule is O=C(CCn1cnc2sc3c(c2c1=O)CCCC3)N1CCN(C(=O)Nc2ccc(F)cc2)CC1. The number of hydrogen-bond donors (Lipinski definition) is 1. The number of nitrogens with zero attached hydrogens (tertiary/aromatic N) is 4. The average molecular weight is 484 g/mol. The van der Waals surface area contributed by atoms with Crippen molar-refractivity contribution in [3.63, 3.8) is 0 Å². The molecule has 3 amide bonds. The molecule has 1 fully saturated rings. The lowest BCUT2D eigenvalue weighted by molar-refractivity contribution is -0.132. The van der Waals surface area contributed by atoms with Gasteiger partial charge in [-0.15, -0.1) is 11.3 Å². The first-order chi connectivity index (χ1) is 16.5. The Bertz CT molecular complexity index is 1280. The van der Waals surface area contributed by atoms with E-state index in [1.165, 1.54) is 29.1 Å². The molecule has 1 saturated heterocycles. The van der Waals surface area contributed by atoms with E-state index in [2.05, 4.69) is 10.3 Å². The first-order valence-corrected chi connectivity index (χ1v) is 12.4. The highest BCUT2D eigenvalue weighted by molar-refractivity contribution is 7.18. The topological polar surface area (TPSA) is 87.5 Å². The maximum atomic E-state index is 13.1. The molecule has 1 aliphatic heterocycles. The van der Waals surface area contributed by atoms with Gasteiger partial charge in [-0.3, -0.25) is 14.2 Å². The van der Waals surface area contributed by atoms with E-state index < -0.39 is 0 Å². The van der Waals surface area contributed by atoms with Crippen molar-refractivity contribution in [1.82, 2.24) is 19.4 Å². The maximum Gasteiger partial charge on any atom is 0.321 e. The Labute approximate surface area is 200 Å². The van der Waals surface area contributed by atoms with E-state index in [9.17, 15) is 18.8 Å². The molecule has 1 aliphatic carbocycles. The lowest BCUT2D eigenvalue weighted by Gasteiger charge is -2.34. The predicted molar refractivity (Wildman–Crippen MR) is 129 cm³/mol. The summed E-state index contributed by atoms with van der Waals surface area (Å²) in [5.41, 5.74) is 1.62. The molecule has 3 heterocycles. The van der Waals surface area contributed by atoms with Crippen molar-refractivity contribution in [1.29, 1.82) is 0 Å². The molecular weight excluding hydrogens is 457 g/mol. The first kappa shape index (κ1) is 22.5. The fraction of sp³-hybridized carbons (Fsp3) is 0.417. The van der Waals surface area contributed by atoms with Gasteiger partial charge >= 0.3 is 6.03 Å². The Morgan fingerprint density at radius 1 is 1.03 bits per heavy atom.